The molecule has 1 atom stereocenters. The van der Waals surface area contributed by atoms with E-state index in [1.807, 2.05) is 13.8 Å². The minimum absolute atomic E-state index is 0.166. The Balaban J connectivity index is 2.15. The second kappa shape index (κ2) is 8.49. The lowest BCUT2D eigenvalue weighted by Crippen LogP contribution is -2.47. The molecule has 3 amide bonds. The van der Waals surface area contributed by atoms with Gasteiger partial charge in [0, 0.05) is 11.3 Å². The minimum atomic E-state index is -0.781. The average molecular weight is 374 g/mol. The number of anilines is 1. The summed E-state index contributed by atoms with van der Waals surface area (Å²) in [5.74, 6) is -1.59. The van der Waals surface area contributed by atoms with Crippen LogP contribution < -0.4 is 16.4 Å². The van der Waals surface area contributed by atoms with Gasteiger partial charge in [-0.1, -0.05) is 43.6 Å². The minimum Gasteiger partial charge on any atom is -0.366 e. The number of primary amides is 1. The molecule has 26 heavy (non-hydrogen) atoms. The molecule has 0 radical (unpaired) electrons. The second-order valence-electron chi connectivity index (χ2n) is 6.11. The van der Waals surface area contributed by atoms with Gasteiger partial charge in [-0.15, -0.1) is 0 Å². The van der Waals surface area contributed by atoms with E-state index in [1.165, 1.54) is 6.07 Å². The van der Waals surface area contributed by atoms with Crippen molar-refractivity contribution in [2.24, 2.45) is 11.7 Å². The zero-order valence-corrected chi connectivity index (χ0v) is 15.2. The molecule has 0 aliphatic heterocycles. The summed E-state index contributed by atoms with van der Waals surface area (Å²) in [7, 11) is 0. The molecule has 0 heterocycles. The van der Waals surface area contributed by atoms with Crippen LogP contribution in [0.1, 0.15) is 34.6 Å². The predicted molar refractivity (Wildman–Crippen MR) is 101 cm³/mol. The maximum Gasteiger partial charge on any atom is 0.253 e. The van der Waals surface area contributed by atoms with Crippen LogP contribution in [-0.2, 0) is 4.79 Å². The number of carbonyl (C=O) groups excluding carboxylic acids is 3. The van der Waals surface area contributed by atoms with Crippen molar-refractivity contribution in [3.63, 3.8) is 0 Å². The van der Waals surface area contributed by atoms with Crippen molar-refractivity contribution < 1.29 is 14.4 Å². The molecule has 0 aliphatic carbocycles. The monoisotopic (exact) mass is 373 g/mol. The summed E-state index contributed by atoms with van der Waals surface area (Å²) < 4.78 is 0. The first-order valence-electron chi connectivity index (χ1n) is 8.05. The van der Waals surface area contributed by atoms with Gasteiger partial charge in [0.15, 0.2) is 0 Å². The number of nitrogens with one attached hydrogen (secondary N) is 2. The fraction of sp³-hybridized carbons (Fsp3) is 0.211. The van der Waals surface area contributed by atoms with E-state index in [1.54, 1.807) is 42.5 Å². The third kappa shape index (κ3) is 4.83. The van der Waals surface area contributed by atoms with Crippen molar-refractivity contribution in [1.29, 1.82) is 0 Å². The van der Waals surface area contributed by atoms with Crippen molar-refractivity contribution in [1.82, 2.24) is 5.32 Å². The van der Waals surface area contributed by atoms with Crippen molar-refractivity contribution in [3.8, 4) is 0 Å². The number of carbonyl (C=O) groups is 3. The predicted octanol–water partition coefficient (Wildman–Crippen LogP) is 2.83. The maximum atomic E-state index is 12.6. The molecule has 0 aromatic heterocycles. The third-order valence-electron chi connectivity index (χ3n) is 3.77. The van der Waals surface area contributed by atoms with Crippen LogP contribution in [0.5, 0.6) is 0 Å². The van der Waals surface area contributed by atoms with Gasteiger partial charge in [0.2, 0.25) is 11.8 Å². The number of hydrogen-bond donors (Lipinski definition) is 3. The van der Waals surface area contributed by atoms with Crippen LogP contribution in [-0.4, -0.2) is 23.8 Å². The fourth-order valence-electron chi connectivity index (χ4n) is 2.37. The van der Waals surface area contributed by atoms with Gasteiger partial charge in [-0.25, -0.2) is 0 Å². The second-order valence-corrected chi connectivity index (χ2v) is 6.52. The number of benzene rings is 2. The van der Waals surface area contributed by atoms with Gasteiger partial charge in [0.1, 0.15) is 6.04 Å². The van der Waals surface area contributed by atoms with E-state index in [0.717, 1.165) is 0 Å². The lowest BCUT2D eigenvalue weighted by molar-refractivity contribution is -0.118. The Morgan fingerprint density at radius 2 is 1.73 bits per heavy atom. The Morgan fingerprint density at radius 3 is 2.35 bits per heavy atom. The molecular formula is C19H20ClN3O3. The average Bonchev–Trinajstić information content (AvgIpc) is 2.59. The summed E-state index contributed by atoms with van der Waals surface area (Å²) >= 11 is 6.03. The summed E-state index contributed by atoms with van der Waals surface area (Å²) in [6, 6.07) is 12.1. The van der Waals surface area contributed by atoms with Crippen molar-refractivity contribution in [3.05, 3.63) is 64.7 Å². The van der Waals surface area contributed by atoms with Gasteiger partial charge in [-0.05, 0) is 36.2 Å². The molecule has 7 heteroatoms. The highest BCUT2D eigenvalue weighted by Gasteiger charge is 2.25. The van der Waals surface area contributed by atoms with Gasteiger partial charge in [0.25, 0.3) is 5.91 Å². The van der Waals surface area contributed by atoms with Crippen LogP contribution in [0.3, 0.4) is 0 Å². The van der Waals surface area contributed by atoms with Gasteiger partial charge in [-0.2, -0.15) is 0 Å². The van der Waals surface area contributed by atoms with Crippen LogP contribution in [0.25, 0.3) is 0 Å². The third-order valence-corrected chi connectivity index (χ3v) is 4.10. The molecular weight excluding hydrogens is 354 g/mol. The maximum absolute atomic E-state index is 12.6. The Kier molecular flexibility index (Phi) is 6.36. The van der Waals surface area contributed by atoms with E-state index in [0.29, 0.717) is 16.3 Å². The van der Waals surface area contributed by atoms with Crippen molar-refractivity contribution >= 4 is 35.0 Å². The Hall–Kier alpha value is -2.86. The van der Waals surface area contributed by atoms with Crippen LogP contribution in [0.2, 0.25) is 5.02 Å². The Morgan fingerprint density at radius 1 is 1.04 bits per heavy atom. The largest absolute Gasteiger partial charge is 0.366 e. The van der Waals surface area contributed by atoms with Crippen LogP contribution in [0.4, 0.5) is 5.69 Å². The smallest absolute Gasteiger partial charge is 0.253 e. The molecule has 0 saturated carbocycles. The molecule has 0 aliphatic rings. The number of amides is 3. The lowest BCUT2D eigenvalue weighted by atomic mass is 10.0. The van der Waals surface area contributed by atoms with E-state index < -0.39 is 23.8 Å². The van der Waals surface area contributed by atoms with Gasteiger partial charge in [0.05, 0.1) is 10.6 Å². The van der Waals surface area contributed by atoms with Crippen molar-refractivity contribution in [2.45, 2.75) is 19.9 Å². The number of nitrogens with two attached hydrogens (primary N) is 1. The standard InChI is InChI=1S/C19H20ClN3O3/c1-11(2)16(23-18(25)14-8-3-4-9-15(14)20)19(26)22-13-7-5-6-12(10-13)17(21)24/h3-11,16H,1-2H3,(H2,21,24)(H,22,26)(H,23,25)/t16-/m0/s1. The molecule has 2 aromatic rings. The van der Waals surface area contributed by atoms with E-state index in [9.17, 15) is 14.4 Å². The lowest BCUT2D eigenvalue weighted by Gasteiger charge is -2.22. The first-order valence-corrected chi connectivity index (χ1v) is 8.43. The first kappa shape index (κ1) is 19.5. The van der Waals surface area contributed by atoms with Gasteiger partial charge < -0.3 is 16.4 Å². The van der Waals surface area contributed by atoms with Crippen LogP contribution in [0, 0.1) is 5.92 Å². The molecule has 0 spiro atoms. The van der Waals surface area contributed by atoms with Crippen molar-refractivity contribution in [2.75, 3.05) is 5.32 Å². The highest BCUT2D eigenvalue weighted by atomic mass is 35.5. The molecule has 136 valence electrons. The number of halogens is 1. The molecule has 2 aromatic carbocycles. The summed E-state index contributed by atoms with van der Waals surface area (Å²) in [5.41, 5.74) is 6.24. The molecule has 2 rings (SSSR count). The van der Waals surface area contributed by atoms with E-state index in [4.69, 9.17) is 17.3 Å². The number of hydrogen-bond acceptors (Lipinski definition) is 3. The van der Waals surface area contributed by atoms with E-state index >= 15 is 0 Å². The Bertz CT molecular complexity index is 836. The SMILES string of the molecule is CC(C)[C@H](NC(=O)c1ccccc1Cl)C(=O)Nc1cccc(C(N)=O)c1. The van der Waals surface area contributed by atoms with Gasteiger partial charge in [-0.3, -0.25) is 14.4 Å². The normalized spacial score (nSPS) is 11.7. The van der Waals surface area contributed by atoms with Gasteiger partial charge >= 0.3 is 0 Å². The summed E-state index contributed by atoms with van der Waals surface area (Å²) in [6.45, 7) is 3.63. The zero-order valence-electron chi connectivity index (χ0n) is 14.5. The van der Waals surface area contributed by atoms with Crippen LogP contribution in [0.15, 0.2) is 48.5 Å². The summed E-state index contributed by atoms with van der Waals surface area (Å²) in [6.07, 6.45) is 0. The molecule has 6 nitrogen and oxygen atoms in total. The number of rotatable bonds is 6. The zero-order chi connectivity index (χ0) is 19.3. The van der Waals surface area contributed by atoms with Crippen LogP contribution >= 0.6 is 11.6 Å². The molecule has 4 N–H and O–H groups in total. The quantitative estimate of drug-likeness (QED) is 0.725. The Labute approximate surface area is 156 Å². The highest BCUT2D eigenvalue weighted by Crippen LogP contribution is 2.16. The molecule has 0 fully saturated rings. The molecule has 0 bridgehead atoms. The first-order chi connectivity index (χ1) is 12.3. The topological polar surface area (TPSA) is 101 Å². The highest BCUT2D eigenvalue weighted by molar-refractivity contribution is 6.33. The molecule has 0 saturated heterocycles. The summed E-state index contributed by atoms with van der Waals surface area (Å²) in [5, 5.41) is 5.71. The summed E-state index contributed by atoms with van der Waals surface area (Å²) in [4.78, 5) is 36.3. The van der Waals surface area contributed by atoms with E-state index in [-0.39, 0.29) is 11.5 Å². The molecule has 0 unspecified atom stereocenters. The van der Waals surface area contributed by atoms with E-state index in [2.05, 4.69) is 10.6 Å². The fourth-order valence-corrected chi connectivity index (χ4v) is 2.59.